The van der Waals surface area contributed by atoms with Crippen molar-refractivity contribution in [2.75, 3.05) is 28.7 Å². The summed E-state index contributed by atoms with van der Waals surface area (Å²) < 4.78 is 23.6. The molecule has 0 heterocycles. The number of terminal acetylenes is 1. The molecule has 0 fully saturated rings. The first-order chi connectivity index (χ1) is 17.0. The summed E-state index contributed by atoms with van der Waals surface area (Å²) in [5.74, 6) is 2.28. The lowest BCUT2D eigenvalue weighted by atomic mass is 10.1. The molecule has 0 spiro atoms. The van der Waals surface area contributed by atoms with Crippen LogP contribution in [0.3, 0.4) is 0 Å². The van der Waals surface area contributed by atoms with Crippen molar-refractivity contribution in [1.29, 1.82) is 0 Å². The van der Waals surface area contributed by atoms with E-state index in [1.807, 2.05) is 35.2 Å². The molecule has 0 aliphatic rings. The molecule has 0 aliphatic carbocycles. The lowest BCUT2D eigenvalue weighted by Crippen LogP contribution is -2.24. The molecular formula is C27H26FN3O4. The number of anilines is 3. The van der Waals surface area contributed by atoms with Crippen molar-refractivity contribution in [2.45, 2.75) is 20.1 Å². The highest BCUT2D eigenvalue weighted by Gasteiger charge is 2.15. The Bertz CT molecular complexity index is 1180. The third-order valence-electron chi connectivity index (χ3n) is 4.90. The van der Waals surface area contributed by atoms with Crippen LogP contribution in [0.25, 0.3) is 0 Å². The summed E-state index contributed by atoms with van der Waals surface area (Å²) >= 11 is 0. The molecule has 0 aliphatic heterocycles. The Hall–Kier alpha value is -4.51. The fraction of sp³-hybridized carbons (Fsp3) is 0.185. The maximum absolute atomic E-state index is 13.3. The van der Waals surface area contributed by atoms with Gasteiger partial charge in [0.05, 0.1) is 24.5 Å². The molecule has 8 heteroatoms. The number of benzene rings is 3. The molecular weight excluding hydrogens is 449 g/mol. The van der Waals surface area contributed by atoms with Gasteiger partial charge in [-0.1, -0.05) is 48.4 Å². The van der Waals surface area contributed by atoms with Crippen LogP contribution in [0.4, 0.5) is 31.0 Å². The Morgan fingerprint density at radius 2 is 1.60 bits per heavy atom. The minimum Gasteiger partial charge on any atom is -0.450 e. The number of carbonyl (C=O) groups excluding carboxylic acids is 2. The largest absolute Gasteiger partial charge is 0.450 e. The van der Waals surface area contributed by atoms with Crippen LogP contribution in [0.2, 0.25) is 0 Å². The summed E-state index contributed by atoms with van der Waals surface area (Å²) in [6.07, 6.45) is 4.22. The Balaban J connectivity index is 1.82. The number of carbonyl (C=O) groups is 2. The van der Waals surface area contributed by atoms with Gasteiger partial charge in [0.25, 0.3) is 0 Å². The summed E-state index contributed by atoms with van der Waals surface area (Å²) in [5, 5.41) is 5.29. The van der Waals surface area contributed by atoms with E-state index in [9.17, 15) is 14.0 Å². The molecule has 0 bridgehead atoms. The number of nitrogens with zero attached hydrogens (tertiary/aromatic N) is 1. The third-order valence-corrected chi connectivity index (χ3v) is 4.90. The summed E-state index contributed by atoms with van der Waals surface area (Å²) in [7, 11) is 0. The smallest absolute Gasteiger partial charge is 0.412 e. The third kappa shape index (κ3) is 7.79. The van der Waals surface area contributed by atoms with E-state index in [1.165, 1.54) is 12.1 Å². The number of ether oxygens (including phenoxy) is 2. The van der Waals surface area contributed by atoms with E-state index >= 15 is 0 Å². The molecule has 3 aromatic carbocycles. The first-order valence-corrected chi connectivity index (χ1v) is 11.0. The first-order valence-electron chi connectivity index (χ1n) is 11.0. The minimum absolute atomic E-state index is 0.0841. The lowest BCUT2D eigenvalue weighted by molar-refractivity contribution is 0.155. The molecule has 0 radical (unpaired) electrons. The van der Waals surface area contributed by atoms with Crippen LogP contribution in [0.5, 0.6) is 0 Å². The van der Waals surface area contributed by atoms with Crippen LogP contribution in [0.15, 0.2) is 72.8 Å². The fourth-order valence-corrected chi connectivity index (χ4v) is 3.25. The van der Waals surface area contributed by atoms with Gasteiger partial charge in [-0.2, -0.15) is 0 Å². The SMILES string of the molecule is C#CCN(Cc1ccc(F)cc1)c1ccc(NC(=O)OCC)c(NC(=O)OCc2ccccc2)c1. The highest BCUT2D eigenvalue weighted by Crippen LogP contribution is 2.29. The molecule has 0 aromatic heterocycles. The van der Waals surface area contributed by atoms with Crippen molar-refractivity contribution in [3.63, 3.8) is 0 Å². The Morgan fingerprint density at radius 3 is 2.29 bits per heavy atom. The first kappa shape index (κ1) is 25.1. The quantitative estimate of drug-likeness (QED) is 0.384. The fourth-order valence-electron chi connectivity index (χ4n) is 3.25. The second-order valence-electron chi connectivity index (χ2n) is 7.45. The Morgan fingerprint density at radius 1 is 0.914 bits per heavy atom. The second kappa shape index (κ2) is 12.7. The van der Waals surface area contributed by atoms with Crippen LogP contribution in [0.1, 0.15) is 18.1 Å². The van der Waals surface area contributed by atoms with E-state index in [-0.39, 0.29) is 25.6 Å². The lowest BCUT2D eigenvalue weighted by Gasteiger charge is -2.24. The summed E-state index contributed by atoms with van der Waals surface area (Å²) in [6, 6.07) is 20.4. The van der Waals surface area contributed by atoms with Crippen LogP contribution < -0.4 is 15.5 Å². The molecule has 2 N–H and O–H groups in total. The molecule has 0 unspecified atom stereocenters. The predicted octanol–water partition coefficient (Wildman–Crippen LogP) is 5.78. The molecule has 0 atom stereocenters. The van der Waals surface area contributed by atoms with E-state index in [1.54, 1.807) is 37.3 Å². The zero-order chi connectivity index (χ0) is 25.0. The van der Waals surface area contributed by atoms with Gasteiger partial charge in [-0.3, -0.25) is 10.6 Å². The Kier molecular flexibility index (Phi) is 9.08. The van der Waals surface area contributed by atoms with Gasteiger partial charge in [0.1, 0.15) is 12.4 Å². The van der Waals surface area contributed by atoms with Gasteiger partial charge in [0.15, 0.2) is 0 Å². The van der Waals surface area contributed by atoms with Crippen molar-refractivity contribution < 1.29 is 23.5 Å². The van der Waals surface area contributed by atoms with Gasteiger partial charge in [-0.05, 0) is 48.4 Å². The summed E-state index contributed by atoms with van der Waals surface area (Å²) in [6.45, 7) is 2.64. The predicted molar refractivity (Wildman–Crippen MR) is 134 cm³/mol. The molecule has 180 valence electrons. The minimum atomic E-state index is -0.694. The van der Waals surface area contributed by atoms with E-state index in [0.29, 0.717) is 23.6 Å². The van der Waals surface area contributed by atoms with E-state index in [0.717, 1.165) is 11.1 Å². The average molecular weight is 476 g/mol. The maximum atomic E-state index is 13.3. The summed E-state index contributed by atoms with van der Waals surface area (Å²) in [5.41, 5.74) is 2.99. The van der Waals surface area contributed by atoms with Gasteiger partial charge in [0, 0.05) is 12.2 Å². The van der Waals surface area contributed by atoms with Gasteiger partial charge >= 0.3 is 12.2 Å². The van der Waals surface area contributed by atoms with Crippen molar-refractivity contribution in [3.8, 4) is 12.3 Å². The number of nitrogens with one attached hydrogen (secondary N) is 2. The van der Waals surface area contributed by atoms with Gasteiger partial charge in [0.2, 0.25) is 0 Å². The number of hydrogen-bond acceptors (Lipinski definition) is 5. The van der Waals surface area contributed by atoms with Crippen LogP contribution in [-0.4, -0.2) is 25.3 Å². The van der Waals surface area contributed by atoms with Crippen LogP contribution in [0, 0.1) is 18.2 Å². The normalized spacial score (nSPS) is 10.1. The molecule has 3 rings (SSSR count). The number of rotatable bonds is 9. The van der Waals surface area contributed by atoms with Gasteiger partial charge in [-0.15, -0.1) is 6.42 Å². The molecule has 0 saturated heterocycles. The molecule has 2 amide bonds. The van der Waals surface area contributed by atoms with Gasteiger partial charge < -0.3 is 14.4 Å². The van der Waals surface area contributed by atoms with Crippen LogP contribution >= 0.6 is 0 Å². The van der Waals surface area contributed by atoms with Crippen molar-refractivity contribution in [3.05, 3.63) is 89.7 Å². The topological polar surface area (TPSA) is 79.9 Å². The number of amides is 2. The van der Waals surface area contributed by atoms with E-state index in [4.69, 9.17) is 15.9 Å². The monoisotopic (exact) mass is 475 g/mol. The van der Waals surface area contributed by atoms with Crippen LogP contribution in [-0.2, 0) is 22.6 Å². The summed E-state index contributed by atoms with van der Waals surface area (Å²) in [4.78, 5) is 26.4. The number of hydrogen-bond donors (Lipinski definition) is 2. The van der Waals surface area contributed by atoms with Crippen molar-refractivity contribution in [2.24, 2.45) is 0 Å². The molecule has 35 heavy (non-hydrogen) atoms. The maximum Gasteiger partial charge on any atom is 0.412 e. The number of halogens is 1. The van der Waals surface area contributed by atoms with E-state index < -0.39 is 12.2 Å². The van der Waals surface area contributed by atoms with Crippen molar-refractivity contribution in [1.82, 2.24) is 0 Å². The average Bonchev–Trinajstić information content (AvgIpc) is 2.86. The Labute approximate surface area is 203 Å². The van der Waals surface area contributed by atoms with E-state index in [2.05, 4.69) is 16.6 Å². The zero-order valence-electron chi connectivity index (χ0n) is 19.3. The second-order valence-corrected chi connectivity index (χ2v) is 7.45. The molecule has 3 aromatic rings. The van der Waals surface area contributed by atoms with Gasteiger partial charge in [-0.25, -0.2) is 14.0 Å². The highest BCUT2D eigenvalue weighted by atomic mass is 19.1. The molecule has 0 saturated carbocycles. The standard InChI is InChI=1S/C27H26FN3O4/c1-3-16-31(18-20-10-12-22(28)13-11-20)23-14-15-24(29-26(32)34-4-2)25(17-23)30-27(33)35-19-21-8-6-5-7-9-21/h1,5-15,17H,4,16,18-19H2,2H3,(H,29,32)(H,30,33). The molecule has 7 nitrogen and oxygen atoms in total. The zero-order valence-corrected chi connectivity index (χ0v) is 19.3. The highest BCUT2D eigenvalue weighted by molar-refractivity contribution is 5.96. The van der Waals surface area contributed by atoms with Crippen molar-refractivity contribution >= 4 is 29.2 Å².